The number of rotatable bonds is 3. The highest BCUT2D eigenvalue weighted by molar-refractivity contribution is 7.11. The maximum Gasteiger partial charge on any atom is 0.246 e. The van der Waals surface area contributed by atoms with E-state index in [0.717, 1.165) is 9.88 Å². The van der Waals surface area contributed by atoms with Gasteiger partial charge in [0.15, 0.2) is 0 Å². The van der Waals surface area contributed by atoms with Crippen molar-refractivity contribution in [2.24, 2.45) is 5.92 Å². The lowest BCUT2D eigenvalue weighted by molar-refractivity contribution is -0.152. The molecule has 20 heavy (non-hydrogen) atoms. The lowest BCUT2D eigenvalue weighted by Gasteiger charge is -2.41. The zero-order valence-electron chi connectivity index (χ0n) is 12.5. The molecule has 1 aliphatic heterocycles. The molecule has 2 rings (SSSR count). The maximum absolute atomic E-state index is 12.6. The first kappa shape index (κ1) is 15.0. The van der Waals surface area contributed by atoms with E-state index in [1.165, 1.54) is 0 Å². The van der Waals surface area contributed by atoms with Gasteiger partial charge in [-0.15, -0.1) is 11.3 Å². The first-order chi connectivity index (χ1) is 9.32. The molecule has 3 atom stereocenters. The van der Waals surface area contributed by atoms with Crippen LogP contribution in [0.15, 0.2) is 6.20 Å². The normalized spacial score (nSPS) is 25.0. The van der Waals surface area contributed by atoms with Crippen molar-refractivity contribution >= 4 is 23.2 Å². The van der Waals surface area contributed by atoms with Crippen LogP contribution in [0, 0.1) is 12.8 Å². The Morgan fingerprint density at radius 1 is 1.35 bits per heavy atom. The van der Waals surface area contributed by atoms with Gasteiger partial charge in [0.05, 0.1) is 6.04 Å². The molecule has 0 bridgehead atoms. The molecule has 0 aromatic carbocycles. The molecule has 1 saturated heterocycles. The Bertz CT molecular complexity index is 526. The smallest absolute Gasteiger partial charge is 0.246 e. The zero-order chi connectivity index (χ0) is 15.0. The lowest BCUT2D eigenvalue weighted by atomic mass is 9.97. The largest absolute Gasteiger partial charge is 0.342 e. The number of hydrogen-bond acceptors (Lipinski definition) is 4. The number of carbonyl (C=O) groups is 2. The zero-order valence-corrected chi connectivity index (χ0v) is 13.3. The van der Waals surface area contributed by atoms with Crippen molar-refractivity contribution in [3.8, 4) is 0 Å². The summed E-state index contributed by atoms with van der Waals surface area (Å²) in [5, 5.41) is 3.68. The Morgan fingerprint density at radius 2 is 2.00 bits per heavy atom. The fourth-order valence-electron chi connectivity index (χ4n) is 2.48. The molecular weight excluding hydrogens is 274 g/mol. The van der Waals surface area contributed by atoms with Crippen LogP contribution in [0.4, 0.5) is 0 Å². The molecule has 2 heterocycles. The molecule has 1 N–H and O–H groups in total. The Balaban J connectivity index is 2.31. The Labute approximate surface area is 123 Å². The molecule has 110 valence electrons. The summed E-state index contributed by atoms with van der Waals surface area (Å²) in [7, 11) is 0. The highest BCUT2D eigenvalue weighted by Crippen LogP contribution is 2.29. The highest BCUT2D eigenvalue weighted by atomic mass is 32.1. The molecule has 5 nitrogen and oxygen atoms in total. The van der Waals surface area contributed by atoms with Crippen LogP contribution in [0.25, 0.3) is 0 Å². The van der Waals surface area contributed by atoms with Crippen LogP contribution in [-0.4, -0.2) is 33.8 Å². The molecule has 0 aliphatic carbocycles. The fraction of sp³-hybridized carbons (Fsp3) is 0.643. The van der Waals surface area contributed by atoms with Gasteiger partial charge in [0.1, 0.15) is 17.1 Å². The fourth-order valence-corrected chi connectivity index (χ4v) is 3.30. The molecule has 1 aromatic rings. The van der Waals surface area contributed by atoms with Gasteiger partial charge in [-0.05, 0) is 26.7 Å². The predicted octanol–water partition coefficient (Wildman–Crippen LogP) is 1.88. The molecule has 0 radical (unpaired) electrons. The Hall–Kier alpha value is -1.43. The minimum atomic E-state index is -0.461. The standard InChI is InChI=1S/C14H21N3O2S/c1-7(2)11-14(19)17(9(4)12(18)16-11)10(5)13-15-6-8(3)20-13/h6-7,9-11H,1-5H3,(H,16,18). The van der Waals surface area contributed by atoms with Crippen LogP contribution < -0.4 is 5.32 Å². The van der Waals surface area contributed by atoms with E-state index in [2.05, 4.69) is 10.3 Å². The van der Waals surface area contributed by atoms with Gasteiger partial charge in [0.2, 0.25) is 11.8 Å². The number of piperazine rings is 1. The topological polar surface area (TPSA) is 62.3 Å². The van der Waals surface area contributed by atoms with Gasteiger partial charge in [-0.2, -0.15) is 0 Å². The number of nitrogens with one attached hydrogen (secondary N) is 1. The summed E-state index contributed by atoms with van der Waals surface area (Å²) in [4.78, 5) is 31.8. The second kappa shape index (κ2) is 5.52. The maximum atomic E-state index is 12.6. The number of amides is 2. The summed E-state index contributed by atoms with van der Waals surface area (Å²) in [6, 6.07) is -1.08. The van der Waals surface area contributed by atoms with E-state index in [-0.39, 0.29) is 23.8 Å². The summed E-state index contributed by atoms with van der Waals surface area (Å²) in [5.41, 5.74) is 0. The van der Waals surface area contributed by atoms with Crippen molar-refractivity contribution in [1.82, 2.24) is 15.2 Å². The average molecular weight is 295 g/mol. The molecule has 2 amide bonds. The van der Waals surface area contributed by atoms with E-state index in [4.69, 9.17) is 0 Å². The molecule has 6 heteroatoms. The van der Waals surface area contributed by atoms with Crippen LogP contribution in [0.2, 0.25) is 0 Å². The van der Waals surface area contributed by atoms with Gasteiger partial charge in [-0.1, -0.05) is 13.8 Å². The second-order valence-corrected chi connectivity index (χ2v) is 6.90. The third kappa shape index (κ3) is 2.57. The first-order valence-electron chi connectivity index (χ1n) is 6.87. The third-order valence-electron chi connectivity index (χ3n) is 3.70. The van der Waals surface area contributed by atoms with Crippen LogP contribution >= 0.6 is 11.3 Å². The number of hydrogen-bond donors (Lipinski definition) is 1. The van der Waals surface area contributed by atoms with E-state index >= 15 is 0 Å². The van der Waals surface area contributed by atoms with Crippen molar-refractivity contribution in [3.05, 3.63) is 16.1 Å². The van der Waals surface area contributed by atoms with Gasteiger partial charge in [-0.3, -0.25) is 9.59 Å². The molecule has 0 saturated carbocycles. The van der Waals surface area contributed by atoms with Crippen LogP contribution in [0.5, 0.6) is 0 Å². The van der Waals surface area contributed by atoms with E-state index in [1.54, 1.807) is 29.4 Å². The molecular formula is C14H21N3O2S. The number of aryl methyl sites for hydroxylation is 1. The van der Waals surface area contributed by atoms with Crippen LogP contribution in [-0.2, 0) is 9.59 Å². The molecule has 0 spiro atoms. The minimum Gasteiger partial charge on any atom is -0.342 e. The quantitative estimate of drug-likeness (QED) is 0.926. The van der Waals surface area contributed by atoms with Gasteiger partial charge in [-0.25, -0.2) is 4.98 Å². The van der Waals surface area contributed by atoms with Gasteiger partial charge in [0.25, 0.3) is 0 Å². The van der Waals surface area contributed by atoms with Crippen molar-refractivity contribution in [2.45, 2.75) is 52.7 Å². The van der Waals surface area contributed by atoms with E-state index < -0.39 is 12.1 Å². The second-order valence-electron chi connectivity index (χ2n) is 5.64. The predicted molar refractivity (Wildman–Crippen MR) is 78.3 cm³/mol. The molecule has 1 aromatic heterocycles. The average Bonchev–Trinajstić information content (AvgIpc) is 2.80. The minimum absolute atomic E-state index is 0.0209. The van der Waals surface area contributed by atoms with Gasteiger partial charge < -0.3 is 10.2 Å². The summed E-state index contributed by atoms with van der Waals surface area (Å²) < 4.78 is 0. The van der Waals surface area contributed by atoms with Gasteiger partial charge >= 0.3 is 0 Å². The SMILES string of the molecule is Cc1cnc(C(C)N2C(=O)C(C(C)C)NC(=O)C2C)s1. The lowest BCUT2D eigenvalue weighted by Crippen LogP contribution is -2.64. The van der Waals surface area contributed by atoms with Crippen molar-refractivity contribution in [3.63, 3.8) is 0 Å². The molecule has 3 unspecified atom stereocenters. The van der Waals surface area contributed by atoms with Crippen molar-refractivity contribution in [2.75, 3.05) is 0 Å². The van der Waals surface area contributed by atoms with Crippen molar-refractivity contribution in [1.29, 1.82) is 0 Å². The number of carbonyl (C=O) groups excluding carboxylic acids is 2. The number of aromatic nitrogens is 1. The summed E-state index contributed by atoms with van der Waals surface area (Å²) in [5.74, 6) is -0.0393. The van der Waals surface area contributed by atoms with E-state index in [1.807, 2.05) is 27.7 Å². The van der Waals surface area contributed by atoms with E-state index in [9.17, 15) is 9.59 Å². The van der Waals surface area contributed by atoms with Crippen molar-refractivity contribution < 1.29 is 9.59 Å². The number of thiazole rings is 1. The Morgan fingerprint density at radius 3 is 2.50 bits per heavy atom. The monoisotopic (exact) mass is 295 g/mol. The summed E-state index contributed by atoms with van der Waals surface area (Å²) in [6.45, 7) is 9.56. The van der Waals surface area contributed by atoms with Gasteiger partial charge in [0, 0.05) is 11.1 Å². The molecule has 1 fully saturated rings. The van der Waals surface area contributed by atoms with E-state index in [0.29, 0.717) is 0 Å². The Kier molecular flexibility index (Phi) is 4.13. The third-order valence-corrected chi connectivity index (χ3v) is 4.78. The first-order valence-corrected chi connectivity index (χ1v) is 7.69. The van der Waals surface area contributed by atoms with Crippen LogP contribution in [0.1, 0.15) is 43.6 Å². The summed E-state index contributed by atoms with van der Waals surface area (Å²) in [6.07, 6.45) is 1.80. The molecule has 1 aliphatic rings. The summed E-state index contributed by atoms with van der Waals surface area (Å²) >= 11 is 1.57. The highest BCUT2D eigenvalue weighted by Gasteiger charge is 2.42. The number of nitrogens with zero attached hydrogens (tertiary/aromatic N) is 2. The van der Waals surface area contributed by atoms with Crippen LogP contribution in [0.3, 0.4) is 0 Å².